The Morgan fingerprint density at radius 2 is 1.68 bits per heavy atom. The molecule has 2 bridgehead atoms. The van der Waals surface area contributed by atoms with Gasteiger partial charge in [0, 0.05) is 38.1 Å². The van der Waals surface area contributed by atoms with Gasteiger partial charge in [0.05, 0.1) is 5.69 Å². The standard InChI is InChI=1S/C20H28FN3O/c21-17-6-1-2-7-18(17)23-8-10-24(11-9-23)20(25)16-12-14-4-3-5-15(13-16)19(14)22/h1-2,6-7,14-16,19H,3-5,8-13,22H2. The second-order valence-corrected chi connectivity index (χ2v) is 7.96. The van der Waals surface area contributed by atoms with Gasteiger partial charge in [0.25, 0.3) is 0 Å². The molecule has 0 radical (unpaired) electrons. The first-order chi connectivity index (χ1) is 12.1. The number of anilines is 1. The highest BCUT2D eigenvalue weighted by molar-refractivity contribution is 5.79. The molecule has 2 saturated carbocycles. The largest absolute Gasteiger partial charge is 0.366 e. The quantitative estimate of drug-likeness (QED) is 0.896. The number of carbonyl (C=O) groups excluding carboxylic acids is 1. The monoisotopic (exact) mass is 345 g/mol. The summed E-state index contributed by atoms with van der Waals surface area (Å²) in [5.74, 6) is 1.32. The molecule has 1 aromatic rings. The highest BCUT2D eigenvalue weighted by Crippen LogP contribution is 2.42. The van der Waals surface area contributed by atoms with Crippen molar-refractivity contribution < 1.29 is 9.18 Å². The first-order valence-electron chi connectivity index (χ1n) is 9.67. The summed E-state index contributed by atoms with van der Waals surface area (Å²) in [5, 5.41) is 0. The Morgan fingerprint density at radius 3 is 2.32 bits per heavy atom. The average Bonchev–Trinajstić information content (AvgIpc) is 2.61. The van der Waals surface area contributed by atoms with Crippen molar-refractivity contribution in [2.75, 3.05) is 31.1 Å². The van der Waals surface area contributed by atoms with Crippen LogP contribution in [-0.4, -0.2) is 43.0 Å². The van der Waals surface area contributed by atoms with Crippen molar-refractivity contribution in [1.82, 2.24) is 4.90 Å². The van der Waals surface area contributed by atoms with Crippen LogP contribution in [0.2, 0.25) is 0 Å². The lowest BCUT2D eigenvalue weighted by atomic mass is 9.65. The molecule has 5 heteroatoms. The van der Waals surface area contributed by atoms with Crippen LogP contribution in [0.3, 0.4) is 0 Å². The van der Waals surface area contributed by atoms with Crippen LogP contribution in [0.4, 0.5) is 10.1 Å². The summed E-state index contributed by atoms with van der Waals surface area (Å²) in [7, 11) is 0. The number of benzene rings is 1. The Bertz CT molecular complexity index is 615. The van der Waals surface area contributed by atoms with E-state index in [0.29, 0.717) is 55.7 Å². The maximum atomic E-state index is 14.0. The Morgan fingerprint density at radius 1 is 1.04 bits per heavy atom. The molecule has 4 rings (SSSR count). The van der Waals surface area contributed by atoms with Crippen LogP contribution >= 0.6 is 0 Å². The normalized spacial score (nSPS) is 32.6. The molecule has 3 aliphatic rings. The van der Waals surface area contributed by atoms with Crippen LogP contribution in [0.1, 0.15) is 32.1 Å². The van der Waals surface area contributed by atoms with Crippen LogP contribution in [0.15, 0.2) is 24.3 Å². The van der Waals surface area contributed by atoms with Crippen molar-refractivity contribution in [3.8, 4) is 0 Å². The molecule has 1 heterocycles. The summed E-state index contributed by atoms with van der Waals surface area (Å²) in [4.78, 5) is 17.0. The molecule has 2 unspecified atom stereocenters. The summed E-state index contributed by atoms with van der Waals surface area (Å²) in [6, 6.07) is 7.19. The number of halogens is 1. The lowest BCUT2D eigenvalue weighted by Crippen LogP contribution is -2.53. The third-order valence-electron chi connectivity index (χ3n) is 6.55. The number of amides is 1. The van der Waals surface area contributed by atoms with Crippen molar-refractivity contribution in [1.29, 1.82) is 0 Å². The van der Waals surface area contributed by atoms with Gasteiger partial charge in [-0.05, 0) is 49.7 Å². The maximum Gasteiger partial charge on any atom is 0.225 e. The SMILES string of the molecule is NC1C2CCCC1CC(C(=O)N1CCN(c3ccccc3F)CC1)C2. The molecule has 1 aromatic carbocycles. The second-order valence-electron chi connectivity index (χ2n) is 7.96. The predicted molar refractivity (Wildman–Crippen MR) is 96.7 cm³/mol. The summed E-state index contributed by atoms with van der Waals surface area (Å²) in [6.07, 6.45) is 5.56. The molecule has 25 heavy (non-hydrogen) atoms. The van der Waals surface area contributed by atoms with Gasteiger partial charge < -0.3 is 15.5 Å². The van der Waals surface area contributed by atoms with E-state index in [9.17, 15) is 9.18 Å². The van der Waals surface area contributed by atoms with Crippen LogP contribution in [0.5, 0.6) is 0 Å². The van der Waals surface area contributed by atoms with E-state index >= 15 is 0 Å². The van der Waals surface area contributed by atoms with Gasteiger partial charge in [0.2, 0.25) is 5.91 Å². The molecule has 1 saturated heterocycles. The smallest absolute Gasteiger partial charge is 0.225 e. The molecule has 2 atom stereocenters. The van der Waals surface area contributed by atoms with Gasteiger partial charge in [-0.2, -0.15) is 0 Å². The molecule has 3 fully saturated rings. The van der Waals surface area contributed by atoms with E-state index in [4.69, 9.17) is 5.73 Å². The highest BCUT2D eigenvalue weighted by Gasteiger charge is 2.41. The third-order valence-corrected chi connectivity index (χ3v) is 6.55. The molecule has 2 aliphatic carbocycles. The number of rotatable bonds is 2. The third kappa shape index (κ3) is 3.26. The van der Waals surface area contributed by atoms with Crippen LogP contribution in [-0.2, 0) is 4.79 Å². The molecular formula is C20H28FN3O. The Balaban J connectivity index is 1.36. The zero-order valence-electron chi connectivity index (χ0n) is 14.7. The van der Waals surface area contributed by atoms with Crippen molar-refractivity contribution in [2.45, 2.75) is 38.1 Å². The molecule has 4 nitrogen and oxygen atoms in total. The second kappa shape index (κ2) is 6.94. The van der Waals surface area contributed by atoms with Crippen LogP contribution < -0.4 is 10.6 Å². The van der Waals surface area contributed by atoms with Gasteiger partial charge in [-0.3, -0.25) is 4.79 Å². The van der Waals surface area contributed by atoms with Crippen molar-refractivity contribution in [3.63, 3.8) is 0 Å². The fourth-order valence-corrected chi connectivity index (χ4v) is 5.12. The van der Waals surface area contributed by atoms with Gasteiger partial charge in [0.15, 0.2) is 0 Å². The van der Waals surface area contributed by atoms with E-state index in [-0.39, 0.29) is 11.7 Å². The lowest BCUT2D eigenvalue weighted by molar-refractivity contribution is -0.138. The van der Waals surface area contributed by atoms with E-state index in [1.54, 1.807) is 6.07 Å². The van der Waals surface area contributed by atoms with Gasteiger partial charge in [0.1, 0.15) is 5.82 Å². The molecule has 0 spiro atoms. The van der Waals surface area contributed by atoms with Crippen molar-refractivity contribution >= 4 is 11.6 Å². The van der Waals surface area contributed by atoms with E-state index < -0.39 is 0 Å². The van der Waals surface area contributed by atoms with E-state index in [1.807, 2.05) is 21.9 Å². The van der Waals surface area contributed by atoms with Crippen LogP contribution in [0.25, 0.3) is 0 Å². The zero-order chi connectivity index (χ0) is 17.4. The number of piperazine rings is 1. The Hall–Kier alpha value is -1.62. The van der Waals surface area contributed by atoms with Gasteiger partial charge >= 0.3 is 0 Å². The van der Waals surface area contributed by atoms with Gasteiger partial charge in [-0.1, -0.05) is 18.6 Å². The molecule has 2 N–H and O–H groups in total. The van der Waals surface area contributed by atoms with E-state index in [0.717, 1.165) is 12.8 Å². The molecular weight excluding hydrogens is 317 g/mol. The Labute approximate surface area is 149 Å². The summed E-state index contributed by atoms with van der Waals surface area (Å²) in [6.45, 7) is 2.77. The molecule has 1 amide bonds. The van der Waals surface area contributed by atoms with Crippen molar-refractivity contribution in [3.05, 3.63) is 30.1 Å². The van der Waals surface area contributed by atoms with Crippen LogP contribution in [0, 0.1) is 23.6 Å². The topological polar surface area (TPSA) is 49.6 Å². The zero-order valence-corrected chi connectivity index (χ0v) is 14.7. The summed E-state index contributed by atoms with van der Waals surface area (Å²) in [5.41, 5.74) is 7.00. The summed E-state index contributed by atoms with van der Waals surface area (Å²) >= 11 is 0. The fraction of sp³-hybridized carbons (Fsp3) is 0.650. The van der Waals surface area contributed by atoms with E-state index in [1.165, 1.54) is 25.3 Å². The number of fused-ring (bicyclic) bond motifs is 2. The molecule has 136 valence electrons. The van der Waals surface area contributed by atoms with E-state index in [2.05, 4.69) is 0 Å². The minimum Gasteiger partial charge on any atom is -0.366 e. The minimum atomic E-state index is -0.184. The molecule has 1 aliphatic heterocycles. The first-order valence-corrected chi connectivity index (χ1v) is 9.67. The predicted octanol–water partition coefficient (Wildman–Crippen LogP) is 2.63. The number of nitrogens with zero attached hydrogens (tertiary/aromatic N) is 2. The number of para-hydroxylation sites is 1. The molecule has 0 aromatic heterocycles. The summed E-state index contributed by atoms with van der Waals surface area (Å²) < 4.78 is 14.0. The van der Waals surface area contributed by atoms with Crippen molar-refractivity contribution in [2.24, 2.45) is 23.5 Å². The fourth-order valence-electron chi connectivity index (χ4n) is 5.12. The Kier molecular flexibility index (Phi) is 4.67. The number of carbonyl (C=O) groups is 1. The average molecular weight is 345 g/mol. The minimum absolute atomic E-state index is 0.148. The number of nitrogens with two attached hydrogens (primary N) is 1. The maximum absolute atomic E-state index is 14.0. The van der Waals surface area contributed by atoms with Gasteiger partial charge in [-0.25, -0.2) is 4.39 Å². The lowest BCUT2D eigenvalue weighted by Gasteiger charge is -2.45. The highest BCUT2D eigenvalue weighted by atomic mass is 19.1. The number of hydrogen-bond donors (Lipinski definition) is 1. The first kappa shape index (κ1) is 16.8. The van der Waals surface area contributed by atoms with Gasteiger partial charge in [-0.15, -0.1) is 0 Å². The number of hydrogen-bond acceptors (Lipinski definition) is 3.